The Bertz CT molecular complexity index is 1130. The van der Waals surface area contributed by atoms with Gasteiger partial charge in [0.2, 0.25) is 10.0 Å². The Balaban J connectivity index is 1.68. The normalized spacial score (nSPS) is 14.7. The number of carbonyl (C=O) groups excluding carboxylic acids is 1. The van der Waals surface area contributed by atoms with Gasteiger partial charge in [0.1, 0.15) is 5.60 Å². The molecule has 1 aromatic carbocycles. The zero-order valence-electron chi connectivity index (χ0n) is 21.8. The molecular weight excluding hydrogens is 510 g/mol. The number of nitrogens with zero attached hydrogens (tertiary/aromatic N) is 3. The minimum Gasteiger partial charge on any atom is -0.460 e. The van der Waals surface area contributed by atoms with Crippen molar-refractivity contribution in [1.82, 2.24) is 19.9 Å². The van der Waals surface area contributed by atoms with Gasteiger partial charge in [0.05, 0.1) is 4.90 Å². The van der Waals surface area contributed by atoms with Gasteiger partial charge in [0.25, 0.3) is 0 Å². The van der Waals surface area contributed by atoms with Crippen LogP contribution in [0.15, 0.2) is 53.7 Å². The molecule has 0 saturated carbocycles. The van der Waals surface area contributed by atoms with Crippen molar-refractivity contribution in [3.8, 4) is 0 Å². The van der Waals surface area contributed by atoms with Crippen LogP contribution in [-0.2, 0) is 26.1 Å². The molecule has 9 nitrogen and oxygen atoms in total. The van der Waals surface area contributed by atoms with Gasteiger partial charge in [-0.25, -0.2) is 8.42 Å². The van der Waals surface area contributed by atoms with Crippen LogP contribution in [0.1, 0.15) is 45.6 Å². The lowest BCUT2D eigenvalue weighted by atomic mass is 10.2. The third-order valence-corrected chi connectivity index (χ3v) is 7.98. The number of benzene rings is 1. The van der Waals surface area contributed by atoms with Crippen molar-refractivity contribution in [3.63, 3.8) is 0 Å². The Morgan fingerprint density at radius 3 is 2.49 bits per heavy atom. The first kappa shape index (κ1) is 29.0. The zero-order chi connectivity index (χ0) is 26.9. The van der Waals surface area contributed by atoms with Gasteiger partial charge >= 0.3 is 5.97 Å². The van der Waals surface area contributed by atoms with E-state index in [1.165, 1.54) is 4.31 Å². The van der Waals surface area contributed by atoms with Gasteiger partial charge in [0.15, 0.2) is 5.11 Å². The van der Waals surface area contributed by atoms with Gasteiger partial charge in [-0.3, -0.25) is 9.78 Å². The number of unbranched alkanes of at least 4 members (excludes halogenated alkanes) is 1. The topological polar surface area (TPSA) is 104 Å². The molecule has 202 valence electrons. The maximum atomic E-state index is 13.0. The van der Waals surface area contributed by atoms with Gasteiger partial charge in [-0.15, -0.1) is 0 Å². The second kappa shape index (κ2) is 13.3. The summed E-state index contributed by atoms with van der Waals surface area (Å²) in [7, 11) is -3.55. The summed E-state index contributed by atoms with van der Waals surface area (Å²) in [5, 5.41) is 6.95. The number of ether oxygens (including phenoxy) is 1. The maximum Gasteiger partial charge on any atom is 0.306 e. The van der Waals surface area contributed by atoms with Crippen molar-refractivity contribution in [2.45, 2.75) is 57.1 Å². The predicted octanol–water partition coefficient (Wildman–Crippen LogP) is 3.07. The van der Waals surface area contributed by atoms with Gasteiger partial charge in [-0.1, -0.05) is 6.07 Å². The minimum atomic E-state index is -3.55. The van der Waals surface area contributed by atoms with E-state index in [1.54, 1.807) is 36.7 Å². The first-order valence-electron chi connectivity index (χ1n) is 12.5. The Hall–Kier alpha value is -2.60. The zero-order valence-corrected chi connectivity index (χ0v) is 23.4. The Kier molecular flexibility index (Phi) is 10.4. The van der Waals surface area contributed by atoms with Crippen molar-refractivity contribution in [2.24, 2.45) is 0 Å². The molecule has 0 atom stereocenters. The van der Waals surface area contributed by atoms with Gasteiger partial charge < -0.3 is 20.3 Å². The van der Waals surface area contributed by atoms with E-state index in [9.17, 15) is 13.2 Å². The van der Waals surface area contributed by atoms with E-state index in [1.807, 2.05) is 37.8 Å². The number of carbonyl (C=O) groups is 1. The summed E-state index contributed by atoms with van der Waals surface area (Å²) < 4.78 is 33.0. The van der Waals surface area contributed by atoms with Gasteiger partial charge in [-0.2, -0.15) is 4.31 Å². The van der Waals surface area contributed by atoms with Crippen LogP contribution < -0.4 is 15.5 Å². The Morgan fingerprint density at radius 1 is 1.16 bits per heavy atom. The van der Waals surface area contributed by atoms with E-state index in [-0.39, 0.29) is 10.9 Å². The van der Waals surface area contributed by atoms with E-state index in [0.29, 0.717) is 63.6 Å². The van der Waals surface area contributed by atoms with Crippen LogP contribution in [0.3, 0.4) is 0 Å². The summed E-state index contributed by atoms with van der Waals surface area (Å²) in [6, 6.07) is 10.6. The van der Waals surface area contributed by atoms with E-state index >= 15 is 0 Å². The number of nitrogens with one attached hydrogen (secondary N) is 2. The molecule has 2 heterocycles. The molecule has 2 aromatic rings. The number of aromatic nitrogens is 1. The second-order valence-corrected chi connectivity index (χ2v) is 12.2. The molecule has 2 N–H and O–H groups in total. The maximum absolute atomic E-state index is 13.0. The van der Waals surface area contributed by atoms with Crippen molar-refractivity contribution in [2.75, 3.05) is 37.6 Å². The van der Waals surface area contributed by atoms with Crippen LogP contribution in [0.4, 0.5) is 5.69 Å². The average Bonchev–Trinajstić information content (AvgIpc) is 2.87. The monoisotopic (exact) mass is 547 g/mol. The number of pyridine rings is 1. The molecule has 1 aromatic heterocycles. The number of piperazine rings is 1. The standard InChI is InChI=1S/C26H37N5O4S2/c1-26(2,3)35-24(32)8-4-5-16-31(25(36)29-20-21-7-6-13-28-19-21)22-9-11-23(12-10-22)37(33,34)30-17-14-27-15-18-30/h6-7,9-13,19,27H,4-5,8,14-18,20H2,1-3H3,(H,29,36). The highest BCUT2D eigenvalue weighted by atomic mass is 32.2. The highest BCUT2D eigenvalue weighted by Gasteiger charge is 2.26. The van der Waals surface area contributed by atoms with E-state index in [0.717, 1.165) is 11.3 Å². The number of hydrogen-bond acceptors (Lipinski definition) is 7. The lowest BCUT2D eigenvalue weighted by Gasteiger charge is -2.28. The molecule has 1 saturated heterocycles. The summed E-state index contributed by atoms with van der Waals surface area (Å²) in [4.78, 5) is 18.4. The fraction of sp³-hybridized carbons (Fsp3) is 0.500. The molecule has 0 radical (unpaired) electrons. The van der Waals surface area contributed by atoms with Crippen molar-refractivity contribution in [3.05, 3.63) is 54.4 Å². The summed E-state index contributed by atoms with van der Waals surface area (Å²) in [6.45, 7) is 8.83. The molecule has 0 aliphatic carbocycles. The largest absolute Gasteiger partial charge is 0.460 e. The van der Waals surface area contributed by atoms with Crippen molar-refractivity contribution >= 4 is 39.0 Å². The fourth-order valence-corrected chi connectivity index (χ4v) is 5.60. The number of sulfonamides is 1. The van der Waals surface area contributed by atoms with E-state index < -0.39 is 15.6 Å². The molecule has 0 bridgehead atoms. The second-order valence-electron chi connectivity index (χ2n) is 9.86. The highest BCUT2D eigenvalue weighted by molar-refractivity contribution is 7.89. The van der Waals surface area contributed by atoms with Crippen molar-refractivity contribution in [1.29, 1.82) is 0 Å². The lowest BCUT2D eigenvalue weighted by molar-refractivity contribution is -0.154. The number of thiocarbonyl (C=S) groups is 1. The molecule has 1 fully saturated rings. The molecule has 1 aliphatic heterocycles. The van der Waals surface area contributed by atoms with Crippen molar-refractivity contribution < 1.29 is 17.9 Å². The average molecular weight is 548 g/mol. The quantitative estimate of drug-likeness (QED) is 0.264. The first-order chi connectivity index (χ1) is 17.6. The number of hydrogen-bond donors (Lipinski definition) is 2. The summed E-state index contributed by atoms with van der Waals surface area (Å²) >= 11 is 5.71. The summed E-state index contributed by atoms with van der Waals surface area (Å²) in [5.74, 6) is -0.223. The van der Waals surface area contributed by atoms with Crippen LogP contribution >= 0.6 is 12.2 Å². The van der Waals surface area contributed by atoms with Crippen LogP contribution in [0.5, 0.6) is 0 Å². The molecule has 11 heteroatoms. The van der Waals surface area contributed by atoms with Gasteiger partial charge in [0, 0.05) is 63.8 Å². The fourth-order valence-electron chi connectivity index (χ4n) is 3.89. The Morgan fingerprint density at radius 2 is 1.86 bits per heavy atom. The van der Waals surface area contributed by atoms with E-state index in [2.05, 4.69) is 15.6 Å². The Labute approximate surface area is 225 Å². The number of anilines is 1. The summed E-state index contributed by atoms with van der Waals surface area (Å²) in [5.41, 5.74) is 1.26. The smallest absolute Gasteiger partial charge is 0.306 e. The third-order valence-electron chi connectivity index (χ3n) is 5.71. The van der Waals surface area contributed by atoms with Crippen LogP contribution in [0.25, 0.3) is 0 Å². The molecule has 0 unspecified atom stereocenters. The van der Waals surface area contributed by atoms with Gasteiger partial charge in [-0.05, 0) is 81.7 Å². The minimum absolute atomic E-state index is 0.223. The first-order valence-corrected chi connectivity index (χ1v) is 14.4. The molecule has 0 amide bonds. The molecule has 0 spiro atoms. The van der Waals surface area contributed by atoms with Crippen LogP contribution in [-0.4, -0.2) is 67.1 Å². The molecule has 3 rings (SSSR count). The SMILES string of the molecule is CC(C)(C)OC(=O)CCCCN(C(=S)NCc1cccnc1)c1ccc(S(=O)(=O)N2CCNCC2)cc1. The highest BCUT2D eigenvalue weighted by Crippen LogP contribution is 2.22. The molecular formula is C26H37N5O4S2. The summed E-state index contributed by atoms with van der Waals surface area (Å²) in [6.07, 6.45) is 5.16. The lowest BCUT2D eigenvalue weighted by Crippen LogP contribution is -2.46. The number of esters is 1. The predicted molar refractivity (Wildman–Crippen MR) is 149 cm³/mol. The molecule has 37 heavy (non-hydrogen) atoms. The third kappa shape index (κ3) is 9.03. The number of rotatable bonds is 10. The van der Waals surface area contributed by atoms with Crippen LogP contribution in [0, 0.1) is 0 Å². The molecule has 1 aliphatic rings. The van der Waals surface area contributed by atoms with E-state index in [4.69, 9.17) is 17.0 Å². The van der Waals surface area contributed by atoms with Crippen LogP contribution in [0.2, 0.25) is 0 Å².